The SMILES string of the molecule is C1CCNC1.OC[C@H](O)N1CC(O)C(O)C1. The molecule has 96 valence electrons. The molecule has 2 aliphatic heterocycles. The fourth-order valence-electron chi connectivity index (χ4n) is 1.78. The Bertz CT molecular complexity index is 172. The van der Waals surface area contributed by atoms with E-state index in [2.05, 4.69) is 5.32 Å². The van der Waals surface area contributed by atoms with E-state index in [1.54, 1.807) is 0 Å². The summed E-state index contributed by atoms with van der Waals surface area (Å²) < 4.78 is 0. The number of hydrogen-bond acceptors (Lipinski definition) is 6. The molecule has 0 saturated carbocycles. The molecule has 0 bridgehead atoms. The van der Waals surface area contributed by atoms with Crippen LogP contribution in [0.1, 0.15) is 12.8 Å². The van der Waals surface area contributed by atoms with Gasteiger partial charge in [-0.1, -0.05) is 0 Å². The Morgan fingerprint density at radius 3 is 1.94 bits per heavy atom. The average molecular weight is 234 g/mol. The van der Waals surface area contributed by atoms with Crippen LogP contribution < -0.4 is 5.32 Å². The summed E-state index contributed by atoms with van der Waals surface area (Å²) in [5.74, 6) is 0. The zero-order valence-electron chi connectivity index (χ0n) is 9.42. The molecule has 2 saturated heterocycles. The number of nitrogens with one attached hydrogen (secondary N) is 1. The predicted molar refractivity (Wildman–Crippen MR) is 58.8 cm³/mol. The number of rotatable bonds is 2. The van der Waals surface area contributed by atoms with Crippen LogP contribution in [0.3, 0.4) is 0 Å². The summed E-state index contributed by atoms with van der Waals surface area (Å²) in [7, 11) is 0. The van der Waals surface area contributed by atoms with Gasteiger partial charge in [0.05, 0.1) is 18.8 Å². The Morgan fingerprint density at radius 1 is 1.12 bits per heavy atom. The molecular formula is C10H22N2O4. The van der Waals surface area contributed by atoms with E-state index in [1.807, 2.05) is 0 Å². The molecule has 2 aliphatic rings. The Hall–Kier alpha value is -0.240. The molecule has 2 fully saturated rings. The minimum absolute atomic E-state index is 0.211. The van der Waals surface area contributed by atoms with Gasteiger partial charge in [0.25, 0.3) is 0 Å². The van der Waals surface area contributed by atoms with E-state index in [1.165, 1.54) is 30.8 Å². The highest BCUT2D eigenvalue weighted by atomic mass is 16.3. The van der Waals surface area contributed by atoms with Crippen LogP contribution in [0.4, 0.5) is 0 Å². The maximum atomic E-state index is 9.05. The molecule has 0 spiro atoms. The molecule has 16 heavy (non-hydrogen) atoms. The van der Waals surface area contributed by atoms with Crippen LogP contribution in [-0.4, -0.2) is 76.5 Å². The van der Waals surface area contributed by atoms with E-state index in [4.69, 9.17) is 20.4 Å². The lowest BCUT2D eigenvalue weighted by Crippen LogP contribution is -2.36. The molecule has 0 aromatic rings. The lowest BCUT2D eigenvalue weighted by Gasteiger charge is -2.19. The van der Waals surface area contributed by atoms with Crippen LogP contribution in [0.5, 0.6) is 0 Å². The molecule has 0 amide bonds. The molecule has 6 nitrogen and oxygen atoms in total. The minimum atomic E-state index is -0.971. The fourth-order valence-corrected chi connectivity index (χ4v) is 1.78. The number of likely N-dealkylation sites (tertiary alicyclic amines) is 1. The minimum Gasteiger partial charge on any atom is -0.392 e. The molecule has 0 aromatic carbocycles. The van der Waals surface area contributed by atoms with Gasteiger partial charge in [-0.25, -0.2) is 0 Å². The maximum absolute atomic E-state index is 9.05. The molecule has 2 heterocycles. The van der Waals surface area contributed by atoms with Crippen molar-refractivity contribution in [2.45, 2.75) is 31.3 Å². The van der Waals surface area contributed by atoms with E-state index in [9.17, 15) is 0 Å². The van der Waals surface area contributed by atoms with Crippen LogP contribution in [0.25, 0.3) is 0 Å². The van der Waals surface area contributed by atoms with Gasteiger partial charge in [0.2, 0.25) is 0 Å². The summed E-state index contributed by atoms with van der Waals surface area (Å²) in [4.78, 5) is 1.43. The second kappa shape index (κ2) is 7.16. The summed E-state index contributed by atoms with van der Waals surface area (Å²) in [5.41, 5.74) is 0. The molecule has 0 aliphatic carbocycles. The topological polar surface area (TPSA) is 96.2 Å². The first-order chi connectivity index (χ1) is 7.65. The molecule has 3 atom stereocenters. The van der Waals surface area contributed by atoms with Gasteiger partial charge >= 0.3 is 0 Å². The normalized spacial score (nSPS) is 32.2. The first-order valence-corrected chi connectivity index (χ1v) is 5.75. The maximum Gasteiger partial charge on any atom is 0.130 e. The smallest absolute Gasteiger partial charge is 0.130 e. The van der Waals surface area contributed by atoms with Gasteiger partial charge in [0.1, 0.15) is 6.23 Å². The first kappa shape index (κ1) is 13.8. The second-order valence-corrected chi connectivity index (χ2v) is 4.21. The summed E-state index contributed by atoms with van der Waals surface area (Å²) >= 11 is 0. The Balaban J connectivity index is 0.000000212. The van der Waals surface area contributed by atoms with Crippen molar-refractivity contribution in [1.82, 2.24) is 10.2 Å². The molecule has 5 N–H and O–H groups in total. The van der Waals surface area contributed by atoms with Crippen molar-refractivity contribution >= 4 is 0 Å². The quantitative estimate of drug-likeness (QED) is 0.369. The zero-order chi connectivity index (χ0) is 12.0. The van der Waals surface area contributed by atoms with Crippen LogP contribution >= 0.6 is 0 Å². The average Bonchev–Trinajstić information content (AvgIpc) is 2.92. The second-order valence-electron chi connectivity index (χ2n) is 4.21. The predicted octanol–water partition coefficient (Wildman–Crippen LogP) is -2.30. The summed E-state index contributed by atoms with van der Waals surface area (Å²) in [6.45, 7) is 2.55. The molecule has 2 rings (SSSR count). The summed E-state index contributed by atoms with van der Waals surface area (Å²) in [6, 6.07) is 0. The number of aliphatic hydroxyl groups is 4. The highest BCUT2D eigenvalue weighted by Gasteiger charge is 2.32. The van der Waals surface area contributed by atoms with Crippen molar-refractivity contribution in [2.24, 2.45) is 0 Å². The Morgan fingerprint density at radius 2 is 1.62 bits per heavy atom. The lowest BCUT2D eigenvalue weighted by atomic mass is 10.3. The van der Waals surface area contributed by atoms with E-state index < -0.39 is 18.4 Å². The largest absolute Gasteiger partial charge is 0.392 e. The van der Waals surface area contributed by atoms with Crippen LogP contribution in [-0.2, 0) is 0 Å². The standard InChI is InChI=1S/C6H13NO4.C4H9N/c8-3-6(11)7-1-4(9)5(10)2-7;1-2-4-5-3-1/h4-6,8-11H,1-3H2;5H,1-4H2/t4?,5?,6-;/m0./s1. The van der Waals surface area contributed by atoms with E-state index in [0.29, 0.717) is 0 Å². The van der Waals surface area contributed by atoms with Gasteiger partial charge in [-0.2, -0.15) is 0 Å². The first-order valence-electron chi connectivity index (χ1n) is 5.75. The van der Waals surface area contributed by atoms with E-state index in [0.717, 1.165) is 0 Å². The van der Waals surface area contributed by atoms with Gasteiger partial charge in [-0.3, -0.25) is 4.90 Å². The van der Waals surface area contributed by atoms with E-state index in [-0.39, 0.29) is 19.7 Å². The van der Waals surface area contributed by atoms with Crippen molar-refractivity contribution in [2.75, 3.05) is 32.8 Å². The monoisotopic (exact) mass is 234 g/mol. The van der Waals surface area contributed by atoms with Gasteiger partial charge in [-0.15, -0.1) is 0 Å². The van der Waals surface area contributed by atoms with Gasteiger partial charge in [0, 0.05) is 13.1 Å². The number of β-amino-alcohol motifs (C(OH)–C–C–N with tert-alkyl or cyclic N) is 2. The molecule has 0 radical (unpaired) electrons. The third-order valence-corrected chi connectivity index (χ3v) is 2.83. The highest BCUT2D eigenvalue weighted by molar-refractivity contribution is 4.83. The third-order valence-electron chi connectivity index (χ3n) is 2.83. The van der Waals surface area contributed by atoms with Crippen molar-refractivity contribution in [3.8, 4) is 0 Å². The van der Waals surface area contributed by atoms with Crippen molar-refractivity contribution in [3.05, 3.63) is 0 Å². The fraction of sp³-hybridized carbons (Fsp3) is 1.00. The lowest BCUT2D eigenvalue weighted by molar-refractivity contribution is -0.0286. The van der Waals surface area contributed by atoms with E-state index >= 15 is 0 Å². The van der Waals surface area contributed by atoms with Crippen LogP contribution in [0.15, 0.2) is 0 Å². The molecule has 6 heteroatoms. The Labute approximate surface area is 95.5 Å². The number of hydrogen-bond donors (Lipinski definition) is 5. The highest BCUT2D eigenvalue weighted by Crippen LogP contribution is 2.11. The third kappa shape index (κ3) is 4.32. The van der Waals surface area contributed by atoms with Crippen LogP contribution in [0.2, 0.25) is 0 Å². The Kier molecular flexibility index (Phi) is 6.18. The summed E-state index contributed by atoms with van der Waals surface area (Å²) in [5, 5.41) is 38.8. The number of aliphatic hydroxyl groups excluding tert-OH is 4. The van der Waals surface area contributed by atoms with Crippen LogP contribution in [0, 0.1) is 0 Å². The van der Waals surface area contributed by atoms with Gasteiger partial charge in [0.15, 0.2) is 0 Å². The zero-order valence-corrected chi connectivity index (χ0v) is 9.42. The molecule has 0 aromatic heterocycles. The summed E-state index contributed by atoms with van der Waals surface area (Å²) in [6.07, 6.45) is 0.189. The van der Waals surface area contributed by atoms with Gasteiger partial charge < -0.3 is 25.7 Å². The van der Waals surface area contributed by atoms with Crippen molar-refractivity contribution < 1.29 is 20.4 Å². The van der Waals surface area contributed by atoms with Crippen molar-refractivity contribution in [3.63, 3.8) is 0 Å². The molecule has 2 unspecified atom stereocenters. The number of nitrogens with zero attached hydrogens (tertiary/aromatic N) is 1. The van der Waals surface area contributed by atoms with Gasteiger partial charge in [-0.05, 0) is 25.9 Å². The van der Waals surface area contributed by atoms with Crippen molar-refractivity contribution in [1.29, 1.82) is 0 Å². The molecular weight excluding hydrogens is 212 g/mol.